The van der Waals surface area contributed by atoms with E-state index in [1.165, 1.54) is 11.8 Å². The maximum atomic E-state index is 11.1. The van der Waals surface area contributed by atoms with Crippen LogP contribution in [-0.2, 0) is 4.79 Å². The van der Waals surface area contributed by atoms with Crippen molar-refractivity contribution in [3.8, 4) is 0 Å². The molecule has 0 bridgehead atoms. The highest BCUT2D eigenvalue weighted by molar-refractivity contribution is 8.01. The molecule has 0 radical (unpaired) electrons. The highest BCUT2D eigenvalue weighted by Crippen LogP contribution is 2.39. The molecule has 0 aliphatic carbocycles. The van der Waals surface area contributed by atoms with Crippen molar-refractivity contribution in [1.82, 2.24) is 0 Å². The Hall–Kier alpha value is -0.380. The van der Waals surface area contributed by atoms with E-state index in [1.54, 1.807) is 26.0 Å². The van der Waals surface area contributed by atoms with Gasteiger partial charge in [0.1, 0.15) is 0 Å². The first-order chi connectivity index (χ1) is 6.84. The van der Waals surface area contributed by atoms with E-state index < -0.39 is 4.75 Å². The predicted octanol–water partition coefficient (Wildman–Crippen LogP) is 3.35. The first-order valence-electron chi connectivity index (χ1n) is 4.27. The van der Waals surface area contributed by atoms with E-state index in [-0.39, 0.29) is 5.91 Å². The van der Waals surface area contributed by atoms with Crippen molar-refractivity contribution in [3.63, 3.8) is 0 Å². The van der Waals surface area contributed by atoms with Crippen molar-refractivity contribution in [1.29, 1.82) is 0 Å². The van der Waals surface area contributed by atoms with Gasteiger partial charge in [-0.1, -0.05) is 29.3 Å². The summed E-state index contributed by atoms with van der Waals surface area (Å²) in [5.41, 5.74) is 5.27. The molecule has 1 aromatic rings. The minimum absolute atomic E-state index is 0.386. The molecule has 0 saturated heterocycles. The molecule has 0 aliphatic heterocycles. The molecular weight excluding hydrogens is 253 g/mol. The number of hydrogen-bond acceptors (Lipinski definition) is 2. The third-order valence-corrected chi connectivity index (χ3v) is 4.08. The normalized spacial score (nSPS) is 11.5. The van der Waals surface area contributed by atoms with E-state index in [2.05, 4.69) is 0 Å². The molecule has 0 saturated carbocycles. The van der Waals surface area contributed by atoms with Gasteiger partial charge in [0.15, 0.2) is 0 Å². The lowest BCUT2D eigenvalue weighted by molar-refractivity contribution is -0.119. The van der Waals surface area contributed by atoms with Gasteiger partial charge in [-0.05, 0) is 26.0 Å². The molecule has 0 spiro atoms. The summed E-state index contributed by atoms with van der Waals surface area (Å²) >= 11 is 13.2. The molecule has 2 nitrogen and oxygen atoms in total. The zero-order chi connectivity index (χ0) is 11.6. The number of amides is 1. The van der Waals surface area contributed by atoms with Crippen LogP contribution >= 0.6 is 35.0 Å². The zero-order valence-corrected chi connectivity index (χ0v) is 10.7. The second-order valence-corrected chi connectivity index (χ2v) is 5.98. The molecule has 15 heavy (non-hydrogen) atoms. The average Bonchev–Trinajstić information content (AvgIpc) is 2.12. The first-order valence-corrected chi connectivity index (χ1v) is 5.85. The summed E-state index contributed by atoms with van der Waals surface area (Å²) < 4.78 is -0.700. The quantitative estimate of drug-likeness (QED) is 0.851. The van der Waals surface area contributed by atoms with Gasteiger partial charge in [0.2, 0.25) is 5.91 Å². The highest BCUT2D eigenvalue weighted by Gasteiger charge is 2.27. The van der Waals surface area contributed by atoms with E-state index >= 15 is 0 Å². The molecule has 0 atom stereocenters. The summed E-state index contributed by atoms with van der Waals surface area (Å²) in [5, 5.41) is 0.931. The predicted molar refractivity (Wildman–Crippen MR) is 65.6 cm³/mol. The molecule has 0 aliphatic rings. The molecule has 82 valence electrons. The number of carbonyl (C=O) groups is 1. The van der Waals surface area contributed by atoms with Gasteiger partial charge in [-0.15, -0.1) is 11.8 Å². The molecule has 5 heteroatoms. The van der Waals surface area contributed by atoms with Gasteiger partial charge in [0.05, 0.1) is 14.8 Å². The molecule has 1 aromatic carbocycles. The Morgan fingerprint density at radius 2 is 2.00 bits per heavy atom. The smallest absolute Gasteiger partial charge is 0.233 e. The van der Waals surface area contributed by atoms with Gasteiger partial charge in [-0.25, -0.2) is 0 Å². The third-order valence-electron chi connectivity index (χ3n) is 1.87. The van der Waals surface area contributed by atoms with E-state index in [1.807, 2.05) is 6.07 Å². The maximum Gasteiger partial charge on any atom is 0.233 e. The molecule has 1 rings (SSSR count). The monoisotopic (exact) mass is 263 g/mol. The molecule has 0 aromatic heterocycles. The van der Waals surface area contributed by atoms with Crippen molar-refractivity contribution in [2.75, 3.05) is 0 Å². The fourth-order valence-electron chi connectivity index (χ4n) is 0.888. The number of nitrogens with two attached hydrogens (primary N) is 1. The van der Waals surface area contributed by atoms with Gasteiger partial charge < -0.3 is 5.73 Å². The Labute approximate surface area is 103 Å². The van der Waals surface area contributed by atoms with Crippen LogP contribution in [0.1, 0.15) is 13.8 Å². The standard InChI is InChI=1S/C10H11Cl2NOS/c1-10(2,9(13)14)15-7-5-3-4-6(11)8(7)12/h3-5H,1-2H3,(H2,13,14). The van der Waals surface area contributed by atoms with E-state index in [0.717, 1.165) is 4.90 Å². The minimum atomic E-state index is -0.700. The molecule has 1 amide bonds. The third kappa shape index (κ3) is 3.03. The number of rotatable bonds is 3. The van der Waals surface area contributed by atoms with Crippen LogP contribution in [0.2, 0.25) is 10.0 Å². The Kier molecular flexibility index (Phi) is 3.93. The first kappa shape index (κ1) is 12.7. The highest BCUT2D eigenvalue weighted by atomic mass is 35.5. The average molecular weight is 264 g/mol. The lowest BCUT2D eigenvalue weighted by Crippen LogP contribution is -2.34. The van der Waals surface area contributed by atoms with Crippen molar-refractivity contribution in [3.05, 3.63) is 28.2 Å². The SMILES string of the molecule is CC(C)(Sc1cccc(Cl)c1Cl)C(N)=O. The summed E-state index contributed by atoms with van der Waals surface area (Å²) in [5.74, 6) is -0.386. The van der Waals surface area contributed by atoms with E-state index in [4.69, 9.17) is 28.9 Å². The van der Waals surface area contributed by atoms with Gasteiger partial charge >= 0.3 is 0 Å². The summed E-state index contributed by atoms with van der Waals surface area (Å²) in [6.07, 6.45) is 0. The summed E-state index contributed by atoms with van der Waals surface area (Å²) in [6.45, 7) is 3.49. The summed E-state index contributed by atoms with van der Waals surface area (Å²) in [6, 6.07) is 5.29. The van der Waals surface area contributed by atoms with Crippen LogP contribution in [0.5, 0.6) is 0 Å². The van der Waals surface area contributed by atoms with Gasteiger partial charge in [-0.2, -0.15) is 0 Å². The topological polar surface area (TPSA) is 43.1 Å². The Bertz CT molecular complexity index is 393. The zero-order valence-electron chi connectivity index (χ0n) is 8.38. The largest absolute Gasteiger partial charge is 0.368 e. The second-order valence-electron chi connectivity index (χ2n) is 3.53. The van der Waals surface area contributed by atoms with E-state index in [9.17, 15) is 4.79 Å². The van der Waals surface area contributed by atoms with Crippen LogP contribution in [0.25, 0.3) is 0 Å². The number of thioether (sulfide) groups is 1. The Balaban J connectivity index is 3.00. The molecule has 0 fully saturated rings. The fraction of sp³-hybridized carbons (Fsp3) is 0.300. The van der Waals surface area contributed by atoms with Crippen molar-refractivity contribution < 1.29 is 4.79 Å². The summed E-state index contributed by atoms with van der Waals surface area (Å²) in [7, 11) is 0. The number of halogens is 2. The molecule has 0 heterocycles. The Morgan fingerprint density at radius 1 is 1.40 bits per heavy atom. The fourth-order valence-corrected chi connectivity index (χ4v) is 2.36. The number of primary amides is 1. The van der Waals surface area contributed by atoms with Crippen molar-refractivity contribution in [2.45, 2.75) is 23.5 Å². The van der Waals surface area contributed by atoms with Gasteiger partial charge in [0.25, 0.3) is 0 Å². The molecule has 2 N–H and O–H groups in total. The number of carbonyl (C=O) groups excluding carboxylic acids is 1. The summed E-state index contributed by atoms with van der Waals surface area (Å²) in [4.78, 5) is 11.9. The minimum Gasteiger partial charge on any atom is -0.368 e. The van der Waals surface area contributed by atoms with Crippen molar-refractivity contribution in [2.24, 2.45) is 5.73 Å². The second kappa shape index (κ2) is 4.64. The molecular formula is C10H11Cl2NOS. The van der Waals surface area contributed by atoms with Crippen LogP contribution in [0.15, 0.2) is 23.1 Å². The molecule has 0 unspecified atom stereocenters. The van der Waals surface area contributed by atoms with E-state index in [0.29, 0.717) is 10.0 Å². The van der Waals surface area contributed by atoms with Crippen LogP contribution in [0.3, 0.4) is 0 Å². The lowest BCUT2D eigenvalue weighted by Gasteiger charge is -2.20. The number of hydrogen-bond donors (Lipinski definition) is 1. The number of benzene rings is 1. The van der Waals surface area contributed by atoms with Crippen molar-refractivity contribution >= 4 is 40.9 Å². The van der Waals surface area contributed by atoms with Crippen LogP contribution in [0.4, 0.5) is 0 Å². The van der Waals surface area contributed by atoms with Crippen LogP contribution in [-0.4, -0.2) is 10.7 Å². The lowest BCUT2D eigenvalue weighted by atomic mass is 10.2. The Morgan fingerprint density at radius 3 is 2.53 bits per heavy atom. The van der Waals surface area contributed by atoms with Gasteiger partial charge in [-0.3, -0.25) is 4.79 Å². The van der Waals surface area contributed by atoms with Crippen LogP contribution < -0.4 is 5.73 Å². The maximum absolute atomic E-state index is 11.1. The van der Waals surface area contributed by atoms with Gasteiger partial charge in [0, 0.05) is 4.90 Å². The van der Waals surface area contributed by atoms with Crippen LogP contribution in [0, 0.1) is 0 Å².